The summed E-state index contributed by atoms with van der Waals surface area (Å²) in [6.45, 7) is 0. The van der Waals surface area contributed by atoms with Crippen molar-refractivity contribution in [3.05, 3.63) is 18.0 Å². The van der Waals surface area contributed by atoms with Crippen molar-refractivity contribution in [3.63, 3.8) is 0 Å². The highest BCUT2D eigenvalue weighted by molar-refractivity contribution is 5.29. The molecule has 5 heteroatoms. The van der Waals surface area contributed by atoms with Gasteiger partial charge in [-0.1, -0.05) is 0 Å². The smallest absolute Gasteiger partial charge is 0.258 e. The third-order valence-corrected chi connectivity index (χ3v) is 1.01. The Morgan fingerprint density at radius 1 is 1.80 bits per heavy atom. The van der Waals surface area contributed by atoms with Crippen molar-refractivity contribution in [1.29, 1.82) is 0 Å². The highest BCUT2D eigenvalue weighted by Crippen LogP contribution is 1.89. The Bertz CT molecular complexity index is 290. The maximum atomic E-state index is 8.97. The van der Waals surface area contributed by atoms with E-state index in [0.29, 0.717) is 5.69 Å². The minimum atomic E-state index is 0.231. The molecule has 1 aromatic heterocycles. The third kappa shape index (κ3) is 1.07. The molecule has 1 rings (SSSR count). The molecule has 0 radical (unpaired) electrons. The Morgan fingerprint density at radius 3 is 3.00 bits per heavy atom. The number of aromatic nitrogens is 2. The van der Waals surface area contributed by atoms with Crippen LogP contribution >= 0.6 is 0 Å². The fraction of sp³-hybridized carbons (Fsp3) is 0.200. The zero-order valence-electron chi connectivity index (χ0n) is 5.52. The third-order valence-electron chi connectivity index (χ3n) is 1.01. The molecule has 0 spiro atoms. The van der Waals surface area contributed by atoms with Crippen LogP contribution in [0, 0.1) is 0 Å². The number of nitrogens with two attached hydrogens (primary N) is 1. The zero-order chi connectivity index (χ0) is 7.56. The van der Waals surface area contributed by atoms with E-state index in [-0.39, 0.29) is 5.62 Å². The van der Waals surface area contributed by atoms with E-state index < -0.39 is 0 Å². The van der Waals surface area contributed by atoms with Crippen LogP contribution in [0.4, 0.5) is 5.69 Å². The summed E-state index contributed by atoms with van der Waals surface area (Å²) in [5.41, 5.74) is 5.93. The molecule has 0 saturated heterocycles. The van der Waals surface area contributed by atoms with Crippen LogP contribution in [0.1, 0.15) is 0 Å². The van der Waals surface area contributed by atoms with E-state index in [0.717, 1.165) is 4.73 Å². The van der Waals surface area contributed by atoms with Gasteiger partial charge in [-0.25, -0.2) is 4.98 Å². The predicted octanol–water partition coefficient (Wildman–Crippen LogP) is -0.767. The minimum Gasteiger partial charge on any atom is -0.425 e. The zero-order valence-corrected chi connectivity index (χ0v) is 5.52. The van der Waals surface area contributed by atoms with Crippen LogP contribution < -0.4 is 11.4 Å². The number of rotatable bonds is 0. The monoisotopic (exact) mass is 140 g/mol. The highest BCUT2D eigenvalue weighted by Gasteiger charge is 1.89. The molecule has 0 fully saturated rings. The predicted molar refractivity (Wildman–Crippen MR) is 35.3 cm³/mol. The van der Waals surface area contributed by atoms with Crippen LogP contribution in [-0.2, 0) is 0 Å². The van der Waals surface area contributed by atoms with E-state index in [2.05, 4.69) is 9.98 Å². The number of nitrogens with zero attached hydrogens (tertiary/aromatic N) is 3. The summed E-state index contributed by atoms with van der Waals surface area (Å²) < 4.78 is 0.773. The maximum Gasteiger partial charge on any atom is 0.258 e. The Morgan fingerprint density at radius 2 is 2.50 bits per heavy atom. The van der Waals surface area contributed by atoms with Crippen LogP contribution in [0.2, 0.25) is 0 Å². The fourth-order valence-electron chi connectivity index (χ4n) is 0.584. The van der Waals surface area contributed by atoms with Gasteiger partial charge in [0.1, 0.15) is 0 Å². The molecule has 3 N–H and O–H groups in total. The van der Waals surface area contributed by atoms with Crippen molar-refractivity contribution in [1.82, 2.24) is 9.71 Å². The van der Waals surface area contributed by atoms with Gasteiger partial charge in [-0.2, -0.15) is 4.73 Å². The molecule has 0 saturated carbocycles. The molecule has 1 aromatic rings. The second-order valence-corrected chi connectivity index (χ2v) is 1.76. The molecule has 0 bridgehead atoms. The van der Waals surface area contributed by atoms with Gasteiger partial charge in [0.15, 0.2) is 0 Å². The number of anilines is 1. The van der Waals surface area contributed by atoms with E-state index in [1.807, 2.05) is 0 Å². The standard InChI is InChI=1S/C5H8N4O/c1-7-5-8-2-4(6)3-9(5)10/h2-3,10H,6H2,1H3. The first-order chi connectivity index (χ1) is 4.74. The van der Waals surface area contributed by atoms with Gasteiger partial charge >= 0.3 is 0 Å². The van der Waals surface area contributed by atoms with Crippen LogP contribution in [0.25, 0.3) is 0 Å². The van der Waals surface area contributed by atoms with E-state index in [1.165, 1.54) is 19.4 Å². The first-order valence-electron chi connectivity index (χ1n) is 2.70. The van der Waals surface area contributed by atoms with E-state index in [4.69, 9.17) is 10.9 Å². The van der Waals surface area contributed by atoms with Gasteiger partial charge in [0.05, 0.1) is 18.1 Å². The summed E-state index contributed by atoms with van der Waals surface area (Å²) in [5.74, 6) is 0. The quantitative estimate of drug-likeness (QED) is 0.465. The SMILES string of the molecule is CN=c1ncc(N)cn1O. The molecular weight excluding hydrogens is 132 g/mol. The van der Waals surface area contributed by atoms with Gasteiger partial charge in [-0.05, 0) is 0 Å². The summed E-state index contributed by atoms with van der Waals surface area (Å²) >= 11 is 0. The molecule has 54 valence electrons. The van der Waals surface area contributed by atoms with E-state index in [9.17, 15) is 0 Å². The largest absolute Gasteiger partial charge is 0.425 e. The first-order valence-corrected chi connectivity index (χ1v) is 2.70. The molecule has 10 heavy (non-hydrogen) atoms. The Hall–Kier alpha value is -1.52. The highest BCUT2D eigenvalue weighted by atomic mass is 16.5. The van der Waals surface area contributed by atoms with Gasteiger partial charge in [0, 0.05) is 7.05 Å². The molecule has 0 amide bonds. The van der Waals surface area contributed by atoms with Crippen molar-refractivity contribution in [3.8, 4) is 0 Å². The van der Waals surface area contributed by atoms with E-state index >= 15 is 0 Å². The fourth-order valence-corrected chi connectivity index (χ4v) is 0.584. The van der Waals surface area contributed by atoms with E-state index in [1.54, 1.807) is 0 Å². The molecule has 0 aromatic carbocycles. The molecule has 1 heterocycles. The maximum absolute atomic E-state index is 8.97. The van der Waals surface area contributed by atoms with Gasteiger partial charge in [0.25, 0.3) is 5.62 Å². The topological polar surface area (TPSA) is 76.4 Å². The van der Waals surface area contributed by atoms with Crippen molar-refractivity contribution < 1.29 is 5.21 Å². The van der Waals surface area contributed by atoms with Gasteiger partial charge in [-0.15, -0.1) is 0 Å². The lowest BCUT2D eigenvalue weighted by Gasteiger charge is -1.96. The number of nitrogen functional groups attached to an aromatic ring is 1. The van der Waals surface area contributed by atoms with Crippen LogP contribution in [-0.4, -0.2) is 22.0 Å². The lowest BCUT2D eigenvalue weighted by molar-refractivity contribution is 0.167. The van der Waals surface area contributed by atoms with Crippen LogP contribution in [0.5, 0.6) is 0 Å². The summed E-state index contributed by atoms with van der Waals surface area (Å²) in [5, 5.41) is 8.97. The molecule has 0 unspecified atom stereocenters. The summed E-state index contributed by atoms with van der Waals surface area (Å²) in [7, 11) is 1.53. The Kier molecular flexibility index (Phi) is 1.57. The molecule has 0 atom stereocenters. The summed E-state index contributed by atoms with van der Waals surface area (Å²) in [6.07, 6.45) is 2.75. The molecule has 0 aliphatic heterocycles. The minimum absolute atomic E-state index is 0.231. The average Bonchev–Trinajstić information content (AvgIpc) is 1.88. The van der Waals surface area contributed by atoms with Crippen molar-refractivity contribution in [2.24, 2.45) is 4.99 Å². The first kappa shape index (κ1) is 6.60. The van der Waals surface area contributed by atoms with Crippen LogP contribution in [0.15, 0.2) is 17.4 Å². The number of hydrogen-bond donors (Lipinski definition) is 2. The second-order valence-electron chi connectivity index (χ2n) is 1.76. The van der Waals surface area contributed by atoms with Gasteiger partial charge in [-0.3, -0.25) is 4.99 Å². The summed E-state index contributed by atoms with van der Waals surface area (Å²) in [6, 6.07) is 0. The van der Waals surface area contributed by atoms with Crippen molar-refractivity contribution >= 4 is 5.69 Å². The molecular formula is C5H8N4O. The lowest BCUT2D eigenvalue weighted by atomic mass is 10.6. The Labute approximate surface area is 57.4 Å². The lowest BCUT2D eigenvalue weighted by Crippen LogP contribution is -2.21. The summed E-state index contributed by atoms with van der Waals surface area (Å²) in [4.78, 5) is 7.38. The van der Waals surface area contributed by atoms with Gasteiger partial charge < -0.3 is 10.9 Å². The van der Waals surface area contributed by atoms with Crippen molar-refractivity contribution in [2.45, 2.75) is 0 Å². The Balaban J connectivity index is 3.34. The second kappa shape index (κ2) is 2.38. The molecule has 0 aliphatic carbocycles. The van der Waals surface area contributed by atoms with Crippen molar-refractivity contribution in [2.75, 3.05) is 12.8 Å². The number of hydrogen-bond acceptors (Lipinski definition) is 4. The van der Waals surface area contributed by atoms with Crippen LogP contribution in [0.3, 0.4) is 0 Å². The molecule has 5 nitrogen and oxygen atoms in total. The average molecular weight is 140 g/mol. The normalized spacial score (nSPS) is 11.9. The van der Waals surface area contributed by atoms with Gasteiger partial charge in [0.2, 0.25) is 0 Å². The molecule has 0 aliphatic rings.